The van der Waals surface area contributed by atoms with Crippen molar-refractivity contribution < 1.29 is 22.7 Å². The summed E-state index contributed by atoms with van der Waals surface area (Å²) < 4.78 is 44.9. The highest BCUT2D eigenvalue weighted by molar-refractivity contribution is 7.90. The molecular formula is C14H18FN3O4S. The van der Waals surface area contributed by atoms with Crippen molar-refractivity contribution in [1.29, 1.82) is 0 Å². The second kappa shape index (κ2) is 7.05. The van der Waals surface area contributed by atoms with E-state index in [4.69, 9.17) is 4.74 Å². The monoisotopic (exact) mass is 343 g/mol. The Bertz CT molecular complexity index is 789. The zero-order valence-corrected chi connectivity index (χ0v) is 13.7. The van der Waals surface area contributed by atoms with Crippen LogP contribution >= 0.6 is 0 Å². The Morgan fingerprint density at radius 1 is 1.35 bits per heavy atom. The van der Waals surface area contributed by atoms with Gasteiger partial charge in [0.25, 0.3) is 0 Å². The fourth-order valence-corrected chi connectivity index (χ4v) is 3.64. The lowest BCUT2D eigenvalue weighted by Crippen LogP contribution is -2.15. The number of methoxy groups -OCH3 is 1. The van der Waals surface area contributed by atoms with E-state index in [0.29, 0.717) is 13.0 Å². The molecule has 1 heterocycles. The molecule has 126 valence electrons. The van der Waals surface area contributed by atoms with Gasteiger partial charge in [-0.15, -0.1) is 10.2 Å². The summed E-state index contributed by atoms with van der Waals surface area (Å²) in [6, 6.07) is 3.97. The third kappa shape index (κ3) is 3.67. The summed E-state index contributed by atoms with van der Waals surface area (Å²) in [6.07, 6.45) is 0.657. The number of hydrogen-bond acceptors (Lipinski definition) is 6. The Balaban J connectivity index is 2.36. The first-order valence-corrected chi connectivity index (χ1v) is 8.66. The van der Waals surface area contributed by atoms with Gasteiger partial charge in [0.1, 0.15) is 6.61 Å². The van der Waals surface area contributed by atoms with E-state index in [1.807, 2.05) is 6.92 Å². The normalized spacial score (nSPS) is 11.7. The standard InChI is InChI=1S/C14H18FN3O4S/c1-3-6-18-13(8-19)16-17-14(18)23(20,21)9-10-4-5-12(22-2)11(15)7-10/h4-5,7,19H,3,6,8-9H2,1-2H3. The Morgan fingerprint density at radius 2 is 2.09 bits per heavy atom. The van der Waals surface area contributed by atoms with Crippen molar-refractivity contribution in [3.8, 4) is 5.75 Å². The molecule has 7 nitrogen and oxygen atoms in total. The maximum atomic E-state index is 13.7. The van der Waals surface area contributed by atoms with E-state index in [-0.39, 0.29) is 22.3 Å². The number of ether oxygens (including phenoxy) is 1. The van der Waals surface area contributed by atoms with Gasteiger partial charge in [-0.05, 0) is 24.1 Å². The maximum absolute atomic E-state index is 13.7. The van der Waals surface area contributed by atoms with E-state index < -0.39 is 28.0 Å². The van der Waals surface area contributed by atoms with E-state index in [1.54, 1.807) is 0 Å². The number of hydrogen-bond donors (Lipinski definition) is 1. The SMILES string of the molecule is CCCn1c(CO)nnc1S(=O)(=O)Cc1ccc(OC)c(F)c1. The Labute approximate surface area is 133 Å². The lowest BCUT2D eigenvalue weighted by Gasteiger charge is -2.09. The molecular weight excluding hydrogens is 325 g/mol. The lowest BCUT2D eigenvalue weighted by molar-refractivity contribution is 0.263. The molecule has 23 heavy (non-hydrogen) atoms. The minimum atomic E-state index is -3.82. The van der Waals surface area contributed by atoms with Crippen LogP contribution < -0.4 is 4.74 Å². The number of aromatic nitrogens is 3. The van der Waals surface area contributed by atoms with Crippen molar-refractivity contribution in [2.75, 3.05) is 7.11 Å². The summed E-state index contributed by atoms with van der Waals surface area (Å²) in [5, 5.41) is 16.4. The molecule has 2 rings (SSSR count). The molecule has 2 aromatic rings. The molecule has 0 aliphatic rings. The highest BCUT2D eigenvalue weighted by Gasteiger charge is 2.25. The minimum Gasteiger partial charge on any atom is -0.494 e. The second-order valence-electron chi connectivity index (χ2n) is 4.94. The van der Waals surface area contributed by atoms with Crippen LogP contribution in [0.4, 0.5) is 4.39 Å². The molecule has 0 fully saturated rings. The van der Waals surface area contributed by atoms with Gasteiger partial charge in [0.15, 0.2) is 17.4 Å². The molecule has 0 spiro atoms. The maximum Gasteiger partial charge on any atom is 0.250 e. The van der Waals surface area contributed by atoms with Crippen molar-refractivity contribution in [2.24, 2.45) is 0 Å². The number of benzene rings is 1. The third-order valence-corrected chi connectivity index (χ3v) is 4.80. The molecule has 0 radical (unpaired) electrons. The van der Waals surface area contributed by atoms with Crippen LogP contribution in [0, 0.1) is 5.82 Å². The van der Waals surface area contributed by atoms with E-state index in [1.165, 1.54) is 23.8 Å². The van der Waals surface area contributed by atoms with E-state index in [9.17, 15) is 17.9 Å². The summed E-state index contributed by atoms with van der Waals surface area (Å²) in [7, 11) is -2.49. The lowest BCUT2D eigenvalue weighted by atomic mass is 10.2. The van der Waals surface area contributed by atoms with Crippen molar-refractivity contribution in [1.82, 2.24) is 14.8 Å². The molecule has 0 aliphatic carbocycles. The average molecular weight is 343 g/mol. The van der Waals surface area contributed by atoms with Crippen molar-refractivity contribution in [3.05, 3.63) is 35.4 Å². The third-order valence-electron chi connectivity index (χ3n) is 3.23. The predicted octanol–water partition coefficient (Wildman–Crippen LogP) is 1.30. The fourth-order valence-electron chi connectivity index (χ4n) is 2.20. The molecule has 0 bridgehead atoms. The van der Waals surface area contributed by atoms with Crippen LogP contribution in [0.3, 0.4) is 0 Å². The van der Waals surface area contributed by atoms with Crippen LogP contribution in [0.5, 0.6) is 5.75 Å². The summed E-state index contributed by atoms with van der Waals surface area (Å²) in [4.78, 5) is 0. The van der Waals surface area contributed by atoms with Gasteiger partial charge in [0.05, 0.1) is 12.9 Å². The fraction of sp³-hybridized carbons (Fsp3) is 0.429. The number of aliphatic hydroxyl groups is 1. The molecule has 1 aromatic carbocycles. The predicted molar refractivity (Wildman–Crippen MR) is 80.1 cm³/mol. The van der Waals surface area contributed by atoms with Gasteiger partial charge in [-0.25, -0.2) is 12.8 Å². The van der Waals surface area contributed by atoms with Gasteiger partial charge in [-0.2, -0.15) is 0 Å². The first kappa shape index (κ1) is 17.4. The smallest absolute Gasteiger partial charge is 0.250 e. The Kier molecular flexibility index (Phi) is 5.32. The minimum absolute atomic E-state index is 0.0443. The molecule has 0 aliphatic heterocycles. The van der Waals surface area contributed by atoms with Gasteiger partial charge >= 0.3 is 0 Å². The summed E-state index contributed by atoms with van der Waals surface area (Å²) in [6.45, 7) is 1.84. The average Bonchev–Trinajstić information content (AvgIpc) is 2.91. The molecule has 0 saturated carbocycles. The van der Waals surface area contributed by atoms with Gasteiger partial charge in [-0.1, -0.05) is 13.0 Å². The number of halogens is 1. The molecule has 0 atom stereocenters. The zero-order valence-electron chi connectivity index (χ0n) is 12.9. The largest absolute Gasteiger partial charge is 0.494 e. The topological polar surface area (TPSA) is 94.3 Å². The van der Waals surface area contributed by atoms with Gasteiger partial charge in [0, 0.05) is 6.54 Å². The van der Waals surface area contributed by atoms with Crippen molar-refractivity contribution >= 4 is 9.84 Å². The van der Waals surface area contributed by atoms with E-state index >= 15 is 0 Å². The second-order valence-corrected chi connectivity index (χ2v) is 6.82. The molecule has 9 heteroatoms. The Hall–Kier alpha value is -2.00. The summed E-state index contributed by atoms with van der Waals surface area (Å²) in [5.74, 6) is -0.818. The van der Waals surface area contributed by atoms with Crippen molar-refractivity contribution in [2.45, 2.75) is 37.4 Å². The number of aliphatic hydroxyl groups excluding tert-OH is 1. The van der Waals surface area contributed by atoms with Crippen LogP contribution in [0.2, 0.25) is 0 Å². The summed E-state index contributed by atoms with van der Waals surface area (Å²) >= 11 is 0. The molecule has 0 saturated heterocycles. The first-order valence-electron chi connectivity index (χ1n) is 7.01. The number of rotatable bonds is 7. The molecule has 0 amide bonds. The van der Waals surface area contributed by atoms with Crippen LogP contribution in [0.25, 0.3) is 0 Å². The quantitative estimate of drug-likeness (QED) is 0.814. The highest BCUT2D eigenvalue weighted by atomic mass is 32.2. The first-order chi connectivity index (χ1) is 10.9. The highest BCUT2D eigenvalue weighted by Crippen LogP contribution is 2.21. The van der Waals surface area contributed by atoms with Crippen LogP contribution in [-0.2, 0) is 28.7 Å². The number of sulfone groups is 1. The van der Waals surface area contributed by atoms with Gasteiger partial charge in [-0.3, -0.25) is 4.57 Å². The van der Waals surface area contributed by atoms with Crippen LogP contribution in [0.15, 0.2) is 23.4 Å². The van der Waals surface area contributed by atoms with Gasteiger partial charge < -0.3 is 9.84 Å². The van der Waals surface area contributed by atoms with Crippen LogP contribution in [-0.4, -0.2) is 35.4 Å². The Morgan fingerprint density at radius 3 is 2.65 bits per heavy atom. The summed E-state index contributed by atoms with van der Waals surface area (Å²) in [5.41, 5.74) is 0.278. The van der Waals surface area contributed by atoms with Crippen LogP contribution in [0.1, 0.15) is 24.7 Å². The van der Waals surface area contributed by atoms with Crippen molar-refractivity contribution in [3.63, 3.8) is 0 Å². The van der Waals surface area contributed by atoms with E-state index in [0.717, 1.165) is 6.07 Å². The molecule has 1 aromatic heterocycles. The molecule has 0 unspecified atom stereocenters. The molecule has 1 N–H and O–H groups in total. The zero-order chi connectivity index (χ0) is 17.0. The van der Waals surface area contributed by atoms with E-state index in [2.05, 4.69) is 10.2 Å². The number of nitrogens with zero attached hydrogens (tertiary/aromatic N) is 3. The van der Waals surface area contributed by atoms with Gasteiger partial charge in [0.2, 0.25) is 15.0 Å².